The minimum absolute atomic E-state index is 0.152. The zero-order valence-corrected chi connectivity index (χ0v) is 8.58. The molecule has 2 unspecified atom stereocenters. The van der Waals surface area contributed by atoms with E-state index in [9.17, 15) is 4.79 Å². The standard InChI is InChI=1S/C8H11NOS2/c1-6(10)12-5-8-7(4-9)2-3-11-8/h7-8H,2-3,5H2,1H3. The second kappa shape index (κ2) is 4.78. The summed E-state index contributed by atoms with van der Waals surface area (Å²) in [4.78, 5) is 10.7. The molecule has 1 aliphatic heterocycles. The lowest BCUT2D eigenvalue weighted by molar-refractivity contribution is -0.109. The van der Waals surface area contributed by atoms with Gasteiger partial charge in [-0.25, -0.2) is 0 Å². The second-order valence-corrected chi connectivity index (χ2v) is 5.28. The van der Waals surface area contributed by atoms with Crippen molar-refractivity contribution in [2.45, 2.75) is 18.6 Å². The van der Waals surface area contributed by atoms with E-state index in [1.165, 1.54) is 11.8 Å². The summed E-state index contributed by atoms with van der Waals surface area (Å²) in [7, 11) is 0. The van der Waals surface area contributed by atoms with E-state index in [4.69, 9.17) is 5.26 Å². The van der Waals surface area contributed by atoms with E-state index >= 15 is 0 Å². The highest BCUT2D eigenvalue weighted by Gasteiger charge is 2.27. The predicted molar refractivity (Wildman–Crippen MR) is 53.1 cm³/mol. The van der Waals surface area contributed by atoms with Gasteiger partial charge in [0.1, 0.15) is 0 Å². The Morgan fingerprint density at radius 2 is 2.58 bits per heavy atom. The van der Waals surface area contributed by atoms with Crippen molar-refractivity contribution in [1.29, 1.82) is 5.26 Å². The van der Waals surface area contributed by atoms with E-state index in [1.807, 2.05) is 11.8 Å². The van der Waals surface area contributed by atoms with Crippen LogP contribution in [-0.2, 0) is 4.79 Å². The molecule has 0 N–H and O–H groups in total. The summed E-state index contributed by atoms with van der Waals surface area (Å²) in [5.74, 6) is 2.04. The molecule has 4 heteroatoms. The molecule has 1 saturated heterocycles. The fourth-order valence-corrected chi connectivity index (χ4v) is 3.50. The summed E-state index contributed by atoms with van der Waals surface area (Å²) in [6, 6.07) is 2.29. The third kappa shape index (κ3) is 2.72. The number of hydrogen-bond acceptors (Lipinski definition) is 4. The normalized spacial score (nSPS) is 28.3. The van der Waals surface area contributed by atoms with E-state index in [0.29, 0.717) is 5.25 Å². The van der Waals surface area contributed by atoms with Crippen molar-refractivity contribution in [3.8, 4) is 6.07 Å². The summed E-state index contributed by atoms with van der Waals surface area (Å²) < 4.78 is 0. The Labute approximate surface area is 81.1 Å². The van der Waals surface area contributed by atoms with Crippen LogP contribution >= 0.6 is 23.5 Å². The molecule has 0 aromatic heterocycles. The number of rotatable bonds is 2. The zero-order valence-electron chi connectivity index (χ0n) is 6.95. The molecule has 1 fully saturated rings. The maximum Gasteiger partial charge on any atom is 0.185 e. The smallest absolute Gasteiger partial charge is 0.185 e. The van der Waals surface area contributed by atoms with Gasteiger partial charge >= 0.3 is 0 Å². The molecule has 0 aliphatic carbocycles. The molecular formula is C8H11NOS2. The topological polar surface area (TPSA) is 40.9 Å². The number of nitriles is 1. The number of carbonyl (C=O) groups is 1. The van der Waals surface area contributed by atoms with Gasteiger partial charge in [0.25, 0.3) is 0 Å². The van der Waals surface area contributed by atoms with Crippen LogP contribution in [0.25, 0.3) is 0 Å². The van der Waals surface area contributed by atoms with Gasteiger partial charge in [0.15, 0.2) is 5.12 Å². The Morgan fingerprint density at radius 1 is 1.83 bits per heavy atom. The van der Waals surface area contributed by atoms with Crippen LogP contribution in [0.1, 0.15) is 13.3 Å². The van der Waals surface area contributed by atoms with Gasteiger partial charge in [-0.05, 0) is 12.2 Å². The van der Waals surface area contributed by atoms with Gasteiger partial charge < -0.3 is 0 Å². The Kier molecular flexibility index (Phi) is 3.96. The lowest BCUT2D eigenvalue weighted by atomic mass is 10.1. The average Bonchev–Trinajstić information content (AvgIpc) is 2.47. The lowest BCUT2D eigenvalue weighted by Crippen LogP contribution is -2.13. The first-order valence-electron chi connectivity index (χ1n) is 3.88. The Balaban J connectivity index is 2.32. The molecule has 2 nitrogen and oxygen atoms in total. The first-order valence-corrected chi connectivity index (χ1v) is 5.92. The molecule has 66 valence electrons. The van der Waals surface area contributed by atoms with Crippen LogP contribution in [0, 0.1) is 17.2 Å². The number of carbonyl (C=O) groups excluding carboxylic acids is 1. The van der Waals surface area contributed by atoms with E-state index < -0.39 is 0 Å². The Hall–Kier alpha value is -0.140. The van der Waals surface area contributed by atoms with Crippen molar-refractivity contribution in [3.63, 3.8) is 0 Å². The molecule has 0 saturated carbocycles. The van der Waals surface area contributed by atoms with Crippen molar-refractivity contribution in [1.82, 2.24) is 0 Å². The van der Waals surface area contributed by atoms with Gasteiger partial charge in [0, 0.05) is 17.9 Å². The van der Waals surface area contributed by atoms with Crippen LogP contribution in [0.5, 0.6) is 0 Å². The summed E-state index contributed by atoms with van der Waals surface area (Å²) in [6.07, 6.45) is 0.990. The van der Waals surface area contributed by atoms with Gasteiger partial charge in [-0.15, -0.1) is 0 Å². The third-order valence-electron chi connectivity index (χ3n) is 1.83. The fraction of sp³-hybridized carbons (Fsp3) is 0.750. The SMILES string of the molecule is CC(=O)SCC1SCCC1C#N. The van der Waals surface area contributed by atoms with Crippen molar-refractivity contribution in [3.05, 3.63) is 0 Å². The molecule has 1 heterocycles. The van der Waals surface area contributed by atoms with Crippen molar-refractivity contribution in [2.75, 3.05) is 11.5 Å². The highest BCUT2D eigenvalue weighted by molar-refractivity contribution is 8.14. The third-order valence-corrected chi connectivity index (χ3v) is 4.36. The van der Waals surface area contributed by atoms with Gasteiger partial charge in [-0.1, -0.05) is 11.8 Å². The average molecular weight is 201 g/mol. The molecule has 12 heavy (non-hydrogen) atoms. The van der Waals surface area contributed by atoms with E-state index in [0.717, 1.165) is 17.9 Å². The molecular weight excluding hydrogens is 190 g/mol. The number of nitrogens with zero attached hydrogens (tertiary/aromatic N) is 1. The van der Waals surface area contributed by atoms with Crippen molar-refractivity contribution in [2.24, 2.45) is 5.92 Å². The van der Waals surface area contributed by atoms with Gasteiger partial charge in [0.05, 0.1) is 12.0 Å². The summed E-state index contributed by atoms with van der Waals surface area (Å²) in [6.45, 7) is 1.58. The van der Waals surface area contributed by atoms with E-state index in [1.54, 1.807) is 6.92 Å². The first kappa shape index (κ1) is 9.94. The minimum Gasteiger partial charge on any atom is -0.288 e. The maximum atomic E-state index is 10.7. The Bertz CT molecular complexity index is 212. The van der Waals surface area contributed by atoms with Crippen LogP contribution in [0.3, 0.4) is 0 Å². The molecule has 1 aliphatic rings. The molecule has 1 rings (SSSR count). The lowest BCUT2D eigenvalue weighted by Gasteiger charge is -2.09. The van der Waals surface area contributed by atoms with Gasteiger partial charge in [-0.3, -0.25) is 4.79 Å². The van der Waals surface area contributed by atoms with Gasteiger partial charge in [-0.2, -0.15) is 17.0 Å². The highest BCUT2D eigenvalue weighted by atomic mass is 32.2. The monoisotopic (exact) mass is 201 g/mol. The minimum atomic E-state index is 0.152. The molecule has 0 aromatic carbocycles. The summed E-state index contributed by atoms with van der Waals surface area (Å²) in [5, 5.41) is 9.27. The van der Waals surface area contributed by atoms with Crippen LogP contribution < -0.4 is 0 Å². The van der Waals surface area contributed by atoms with E-state index in [-0.39, 0.29) is 11.0 Å². The molecule has 0 bridgehead atoms. The largest absolute Gasteiger partial charge is 0.288 e. The van der Waals surface area contributed by atoms with Crippen LogP contribution in [-0.4, -0.2) is 21.9 Å². The van der Waals surface area contributed by atoms with Crippen LogP contribution in [0.15, 0.2) is 0 Å². The zero-order chi connectivity index (χ0) is 8.97. The van der Waals surface area contributed by atoms with Gasteiger partial charge in [0.2, 0.25) is 0 Å². The molecule has 0 amide bonds. The van der Waals surface area contributed by atoms with Crippen molar-refractivity contribution >= 4 is 28.6 Å². The molecule has 0 aromatic rings. The fourth-order valence-electron chi connectivity index (χ4n) is 1.16. The maximum absolute atomic E-state index is 10.7. The quantitative estimate of drug-likeness (QED) is 0.684. The molecule has 0 radical (unpaired) electrons. The van der Waals surface area contributed by atoms with Crippen LogP contribution in [0.4, 0.5) is 0 Å². The molecule has 0 spiro atoms. The summed E-state index contributed by atoms with van der Waals surface area (Å²) >= 11 is 3.16. The first-order chi connectivity index (χ1) is 5.74. The second-order valence-electron chi connectivity index (χ2n) is 2.74. The highest BCUT2D eigenvalue weighted by Crippen LogP contribution is 2.33. The summed E-state index contributed by atoms with van der Waals surface area (Å²) in [5.41, 5.74) is 0. The molecule has 2 atom stereocenters. The van der Waals surface area contributed by atoms with Crippen molar-refractivity contribution < 1.29 is 4.79 Å². The number of thioether (sulfide) groups is 2. The number of hydrogen-bond donors (Lipinski definition) is 0. The Morgan fingerprint density at radius 3 is 3.17 bits per heavy atom. The van der Waals surface area contributed by atoms with Crippen LogP contribution in [0.2, 0.25) is 0 Å². The van der Waals surface area contributed by atoms with E-state index in [2.05, 4.69) is 6.07 Å². The predicted octanol–water partition coefficient (Wildman–Crippen LogP) is 1.91.